The minimum absolute atomic E-state index is 0.0858. The Labute approximate surface area is 114 Å². The van der Waals surface area contributed by atoms with Gasteiger partial charge in [0, 0.05) is 13.2 Å². The smallest absolute Gasteiger partial charge is 0.180 e. The first-order valence-electron chi connectivity index (χ1n) is 6.82. The van der Waals surface area contributed by atoms with Crippen molar-refractivity contribution in [3.8, 4) is 5.75 Å². The quantitative estimate of drug-likeness (QED) is 0.792. The number of nitrogens with zero attached hydrogens (tertiary/aromatic N) is 1. The number of Topliss-reactive ketones (excluding diaryl/α,β-unsaturated/α-hetero) is 1. The van der Waals surface area contributed by atoms with Crippen molar-refractivity contribution < 1.29 is 14.6 Å². The fourth-order valence-electron chi connectivity index (χ4n) is 2.47. The number of benzene rings is 1. The first-order chi connectivity index (χ1) is 9.24. The number of ketones is 1. The molecule has 104 valence electrons. The van der Waals surface area contributed by atoms with Crippen LogP contribution in [-0.4, -0.2) is 48.6 Å². The normalized spacial score (nSPS) is 19.6. The molecule has 2 rings (SSSR count). The minimum atomic E-state index is 0.0858. The highest BCUT2D eigenvalue weighted by Crippen LogP contribution is 2.21. The first-order valence-corrected chi connectivity index (χ1v) is 6.82. The third-order valence-corrected chi connectivity index (χ3v) is 3.48. The van der Waals surface area contributed by atoms with Crippen molar-refractivity contribution in [2.75, 3.05) is 32.8 Å². The first kappa shape index (κ1) is 14.0. The zero-order valence-corrected chi connectivity index (χ0v) is 11.3. The van der Waals surface area contributed by atoms with Crippen LogP contribution in [0, 0.1) is 5.92 Å². The number of aliphatic hydroxyl groups excluding tert-OH is 1. The molecule has 1 atom stereocenters. The molecule has 0 saturated carbocycles. The molecule has 1 aliphatic heterocycles. The third kappa shape index (κ3) is 3.55. The molecule has 0 aromatic heterocycles. The Bertz CT molecular complexity index is 433. The van der Waals surface area contributed by atoms with E-state index in [0.29, 0.717) is 30.4 Å². The zero-order valence-electron chi connectivity index (χ0n) is 11.3. The lowest BCUT2D eigenvalue weighted by Crippen LogP contribution is -2.28. The number of rotatable bonds is 6. The summed E-state index contributed by atoms with van der Waals surface area (Å²) in [4.78, 5) is 14.4. The molecule has 0 radical (unpaired) electrons. The third-order valence-electron chi connectivity index (χ3n) is 3.48. The van der Waals surface area contributed by atoms with Crippen molar-refractivity contribution in [3.63, 3.8) is 0 Å². The second-order valence-electron chi connectivity index (χ2n) is 4.92. The molecule has 1 heterocycles. The Morgan fingerprint density at radius 3 is 2.95 bits per heavy atom. The maximum atomic E-state index is 12.3. The van der Waals surface area contributed by atoms with Crippen LogP contribution in [0.3, 0.4) is 0 Å². The number of para-hydroxylation sites is 1. The van der Waals surface area contributed by atoms with Crippen LogP contribution in [0.2, 0.25) is 0 Å². The molecular weight excluding hydrogens is 242 g/mol. The summed E-state index contributed by atoms with van der Waals surface area (Å²) in [6, 6.07) is 7.37. The standard InChI is InChI=1S/C15H21NO3/c1-2-19-15-6-4-3-5-13(15)14(18)10-16-8-7-12(9-16)11-17/h3-6,12,17H,2,7-11H2,1H3. The highest BCUT2D eigenvalue weighted by Gasteiger charge is 2.24. The summed E-state index contributed by atoms with van der Waals surface area (Å²) in [6.45, 7) is 4.77. The van der Waals surface area contributed by atoms with Crippen molar-refractivity contribution in [1.82, 2.24) is 4.90 Å². The zero-order chi connectivity index (χ0) is 13.7. The summed E-state index contributed by atoms with van der Waals surface area (Å²) in [7, 11) is 0. The lowest BCUT2D eigenvalue weighted by atomic mass is 10.1. The van der Waals surface area contributed by atoms with Crippen LogP contribution < -0.4 is 4.74 Å². The molecular formula is C15H21NO3. The van der Waals surface area contributed by atoms with Gasteiger partial charge >= 0.3 is 0 Å². The number of likely N-dealkylation sites (tertiary alicyclic amines) is 1. The molecule has 1 fully saturated rings. The van der Waals surface area contributed by atoms with Crippen LogP contribution in [0.5, 0.6) is 5.75 Å². The molecule has 0 bridgehead atoms. The summed E-state index contributed by atoms with van der Waals surface area (Å²) in [5.74, 6) is 1.06. The maximum absolute atomic E-state index is 12.3. The second-order valence-corrected chi connectivity index (χ2v) is 4.92. The van der Waals surface area contributed by atoms with E-state index in [0.717, 1.165) is 19.5 Å². The van der Waals surface area contributed by atoms with Crippen molar-refractivity contribution in [2.45, 2.75) is 13.3 Å². The molecule has 4 heteroatoms. The minimum Gasteiger partial charge on any atom is -0.493 e. The van der Waals surface area contributed by atoms with E-state index < -0.39 is 0 Å². The van der Waals surface area contributed by atoms with Crippen molar-refractivity contribution >= 4 is 5.78 Å². The maximum Gasteiger partial charge on any atom is 0.180 e. The van der Waals surface area contributed by atoms with Crippen LogP contribution >= 0.6 is 0 Å². The summed E-state index contributed by atoms with van der Waals surface area (Å²) >= 11 is 0. The Balaban J connectivity index is 2.00. The molecule has 0 amide bonds. The lowest BCUT2D eigenvalue weighted by Gasteiger charge is -2.16. The van der Waals surface area contributed by atoms with Crippen molar-refractivity contribution in [1.29, 1.82) is 0 Å². The number of aliphatic hydroxyl groups is 1. The van der Waals surface area contributed by atoms with Crippen LogP contribution in [-0.2, 0) is 0 Å². The Hall–Kier alpha value is -1.39. The number of hydrogen-bond acceptors (Lipinski definition) is 4. The van der Waals surface area contributed by atoms with Gasteiger partial charge in [0.15, 0.2) is 5.78 Å². The Morgan fingerprint density at radius 2 is 2.26 bits per heavy atom. The van der Waals surface area contributed by atoms with Crippen LogP contribution in [0.4, 0.5) is 0 Å². The SMILES string of the molecule is CCOc1ccccc1C(=O)CN1CCC(CO)C1. The monoisotopic (exact) mass is 263 g/mol. The fourth-order valence-corrected chi connectivity index (χ4v) is 2.47. The highest BCUT2D eigenvalue weighted by molar-refractivity contribution is 6.00. The fraction of sp³-hybridized carbons (Fsp3) is 0.533. The van der Waals surface area contributed by atoms with E-state index in [2.05, 4.69) is 4.90 Å². The molecule has 1 unspecified atom stereocenters. The molecule has 4 nitrogen and oxygen atoms in total. The van der Waals surface area contributed by atoms with E-state index in [9.17, 15) is 4.79 Å². The molecule has 0 aliphatic carbocycles. The summed E-state index contributed by atoms with van der Waals surface area (Å²) in [5, 5.41) is 9.12. The topological polar surface area (TPSA) is 49.8 Å². The lowest BCUT2D eigenvalue weighted by molar-refractivity contribution is 0.0936. The number of carbonyl (C=O) groups excluding carboxylic acids is 1. The molecule has 1 N–H and O–H groups in total. The van der Waals surface area contributed by atoms with E-state index in [-0.39, 0.29) is 12.4 Å². The molecule has 1 aromatic rings. The van der Waals surface area contributed by atoms with Crippen LogP contribution in [0.25, 0.3) is 0 Å². The van der Waals surface area contributed by atoms with E-state index in [1.54, 1.807) is 0 Å². The van der Waals surface area contributed by atoms with Crippen LogP contribution in [0.15, 0.2) is 24.3 Å². The van der Waals surface area contributed by atoms with Gasteiger partial charge in [-0.1, -0.05) is 12.1 Å². The van der Waals surface area contributed by atoms with Gasteiger partial charge in [-0.25, -0.2) is 0 Å². The number of ether oxygens (including phenoxy) is 1. The Morgan fingerprint density at radius 1 is 1.47 bits per heavy atom. The largest absolute Gasteiger partial charge is 0.493 e. The van der Waals surface area contributed by atoms with Crippen molar-refractivity contribution in [2.24, 2.45) is 5.92 Å². The molecule has 1 aromatic carbocycles. The predicted octanol–water partition coefficient (Wildman–Crippen LogP) is 1.58. The average Bonchev–Trinajstić information content (AvgIpc) is 2.87. The van der Waals surface area contributed by atoms with Gasteiger partial charge in [-0.3, -0.25) is 9.69 Å². The van der Waals surface area contributed by atoms with Gasteiger partial charge in [-0.05, 0) is 37.9 Å². The van der Waals surface area contributed by atoms with E-state index >= 15 is 0 Å². The van der Waals surface area contributed by atoms with E-state index in [1.165, 1.54) is 0 Å². The van der Waals surface area contributed by atoms with Gasteiger partial charge in [-0.15, -0.1) is 0 Å². The summed E-state index contributed by atoms with van der Waals surface area (Å²) in [6.07, 6.45) is 0.969. The van der Waals surface area contributed by atoms with Gasteiger partial charge in [0.1, 0.15) is 5.75 Å². The van der Waals surface area contributed by atoms with Gasteiger partial charge < -0.3 is 9.84 Å². The number of carbonyl (C=O) groups is 1. The second kappa shape index (κ2) is 6.68. The number of hydrogen-bond donors (Lipinski definition) is 1. The van der Waals surface area contributed by atoms with Gasteiger partial charge in [0.05, 0.1) is 18.7 Å². The average molecular weight is 263 g/mol. The van der Waals surface area contributed by atoms with Crippen LogP contribution in [0.1, 0.15) is 23.7 Å². The molecule has 0 spiro atoms. The van der Waals surface area contributed by atoms with Crippen molar-refractivity contribution in [3.05, 3.63) is 29.8 Å². The highest BCUT2D eigenvalue weighted by atomic mass is 16.5. The van der Waals surface area contributed by atoms with E-state index in [4.69, 9.17) is 9.84 Å². The predicted molar refractivity (Wildman–Crippen MR) is 73.6 cm³/mol. The Kier molecular flexibility index (Phi) is 4.93. The summed E-state index contributed by atoms with van der Waals surface area (Å²) < 4.78 is 5.49. The molecule has 1 aliphatic rings. The van der Waals surface area contributed by atoms with Gasteiger partial charge in [0.2, 0.25) is 0 Å². The summed E-state index contributed by atoms with van der Waals surface area (Å²) in [5.41, 5.74) is 0.650. The van der Waals surface area contributed by atoms with E-state index in [1.807, 2.05) is 31.2 Å². The van der Waals surface area contributed by atoms with Gasteiger partial charge in [0.25, 0.3) is 0 Å². The molecule has 19 heavy (non-hydrogen) atoms. The van der Waals surface area contributed by atoms with Gasteiger partial charge in [-0.2, -0.15) is 0 Å². The molecule has 1 saturated heterocycles.